The van der Waals surface area contributed by atoms with Crippen LogP contribution in [0, 0.1) is 0 Å². The molecule has 6 heteroatoms. The molecule has 0 aromatic rings. The maximum atomic E-state index is 10.9. The largest absolute Gasteiger partial charge is 0.468 e. The number of esters is 2. The van der Waals surface area contributed by atoms with Gasteiger partial charge in [-0.1, -0.05) is 0 Å². The van der Waals surface area contributed by atoms with Gasteiger partial charge in [0, 0.05) is 0 Å². The van der Waals surface area contributed by atoms with Gasteiger partial charge >= 0.3 is 11.9 Å². The van der Waals surface area contributed by atoms with Crippen LogP contribution in [-0.4, -0.2) is 42.7 Å². The van der Waals surface area contributed by atoms with Crippen LogP contribution in [0.1, 0.15) is 0 Å². The Hall–Kier alpha value is -0.810. The van der Waals surface area contributed by atoms with Gasteiger partial charge in [0.2, 0.25) is 0 Å². The quantitative estimate of drug-likeness (QED) is 0.338. The number of rotatable bonds is 2. The van der Waals surface area contributed by atoms with Crippen molar-refractivity contribution in [1.82, 2.24) is 4.42 Å². The first-order chi connectivity index (χ1) is 5.63. The highest BCUT2D eigenvalue weighted by atomic mass is 35.5. The molecule has 0 N–H and O–H groups in total. The number of carbonyl (C=O) groups excluding carboxylic acids is 2. The monoisotopic (exact) mass is 193 g/mol. The molecule has 1 fully saturated rings. The van der Waals surface area contributed by atoms with Gasteiger partial charge in [-0.25, -0.2) is 0 Å². The SMILES string of the molecule is COC(=O)[C@@H]1[C@@H](C(=O)OC)N1Cl. The molecule has 12 heavy (non-hydrogen) atoms. The summed E-state index contributed by atoms with van der Waals surface area (Å²) in [6.07, 6.45) is 0. The van der Waals surface area contributed by atoms with Crippen molar-refractivity contribution < 1.29 is 19.1 Å². The number of hydrogen-bond acceptors (Lipinski definition) is 5. The van der Waals surface area contributed by atoms with E-state index in [1.54, 1.807) is 0 Å². The van der Waals surface area contributed by atoms with Crippen molar-refractivity contribution in [1.29, 1.82) is 0 Å². The molecule has 0 bridgehead atoms. The van der Waals surface area contributed by atoms with E-state index in [1.807, 2.05) is 0 Å². The van der Waals surface area contributed by atoms with Crippen molar-refractivity contribution in [3.05, 3.63) is 0 Å². The molecule has 68 valence electrons. The predicted octanol–water partition coefficient (Wildman–Crippen LogP) is -0.461. The summed E-state index contributed by atoms with van der Waals surface area (Å²) in [6, 6.07) is -1.38. The van der Waals surface area contributed by atoms with E-state index < -0.39 is 24.0 Å². The lowest BCUT2D eigenvalue weighted by atomic mass is 10.3. The number of ether oxygens (including phenoxy) is 2. The first kappa shape index (κ1) is 9.28. The molecule has 0 unspecified atom stereocenters. The van der Waals surface area contributed by atoms with Gasteiger partial charge in [-0.05, 0) is 11.8 Å². The topological polar surface area (TPSA) is 55.6 Å². The fourth-order valence-corrected chi connectivity index (χ4v) is 1.23. The van der Waals surface area contributed by atoms with E-state index in [0.717, 1.165) is 4.42 Å². The third-order valence-corrected chi connectivity index (χ3v) is 2.05. The third-order valence-electron chi connectivity index (χ3n) is 1.63. The van der Waals surface area contributed by atoms with Gasteiger partial charge in [0.1, 0.15) is 0 Å². The summed E-state index contributed by atoms with van der Waals surface area (Å²) < 4.78 is 9.86. The lowest BCUT2D eigenvalue weighted by Crippen LogP contribution is -2.18. The lowest BCUT2D eigenvalue weighted by Gasteiger charge is -1.93. The Kier molecular flexibility index (Phi) is 2.54. The molecule has 0 amide bonds. The Morgan fingerprint density at radius 3 is 1.75 bits per heavy atom. The van der Waals surface area contributed by atoms with Crippen LogP contribution >= 0.6 is 11.8 Å². The Labute approximate surface area is 74.3 Å². The predicted molar refractivity (Wildman–Crippen MR) is 39.3 cm³/mol. The Morgan fingerprint density at radius 1 is 1.17 bits per heavy atom. The fourth-order valence-electron chi connectivity index (χ4n) is 0.906. The Morgan fingerprint density at radius 2 is 1.50 bits per heavy atom. The highest BCUT2D eigenvalue weighted by Gasteiger charge is 2.58. The number of hydrogen-bond donors (Lipinski definition) is 0. The molecule has 1 aliphatic rings. The minimum absolute atomic E-state index is 0.527. The summed E-state index contributed by atoms with van der Waals surface area (Å²) in [7, 11) is 2.47. The normalized spacial score (nSPS) is 32.4. The summed E-state index contributed by atoms with van der Waals surface area (Å²) in [5.74, 6) is -1.05. The molecule has 0 radical (unpaired) electrons. The summed E-state index contributed by atoms with van der Waals surface area (Å²) in [5.41, 5.74) is 0. The van der Waals surface area contributed by atoms with E-state index in [9.17, 15) is 9.59 Å². The molecule has 0 aromatic heterocycles. The van der Waals surface area contributed by atoms with Crippen molar-refractivity contribution in [3.8, 4) is 0 Å². The molecule has 1 aliphatic heterocycles. The van der Waals surface area contributed by atoms with Crippen molar-refractivity contribution in [3.63, 3.8) is 0 Å². The molecule has 0 aliphatic carbocycles. The molecule has 1 rings (SSSR count). The average molecular weight is 194 g/mol. The first-order valence-corrected chi connectivity index (χ1v) is 3.57. The number of halogens is 1. The van der Waals surface area contributed by atoms with Crippen LogP contribution in [0.2, 0.25) is 0 Å². The molecular formula is C6H8ClNO4. The highest BCUT2D eigenvalue weighted by Crippen LogP contribution is 2.32. The molecule has 5 nitrogen and oxygen atoms in total. The summed E-state index contributed by atoms with van der Waals surface area (Å²) in [6.45, 7) is 0. The van der Waals surface area contributed by atoms with Crippen LogP contribution in [0.3, 0.4) is 0 Å². The number of nitrogens with zero attached hydrogens (tertiary/aromatic N) is 1. The maximum absolute atomic E-state index is 10.9. The third kappa shape index (κ3) is 1.37. The van der Waals surface area contributed by atoms with Crippen molar-refractivity contribution in [2.24, 2.45) is 0 Å². The number of methoxy groups -OCH3 is 2. The smallest absolute Gasteiger partial charge is 0.326 e. The van der Waals surface area contributed by atoms with Crippen LogP contribution in [-0.2, 0) is 19.1 Å². The second-order valence-corrected chi connectivity index (χ2v) is 2.67. The summed E-state index contributed by atoms with van der Waals surface area (Å²) in [5, 5.41) is 0. The molecule has 1 heterocycles. The van der Waals surface area contributed by atoms with Crippen molar-refractivity contribution >= 4 is 23.7 Å². The average Bonchev–Trinajstić information content (AvgIpc) is 2.74. The molecule has 0 saturated carbocycles. The molecular weight excluding hydrogens is 186 g/mol. The van der Waals surface area contributed by atoms with Gasteiger partial charge in [0.15, 0.2) is 12.1 Å². The second-order valence-electron chi connectivity index (χ2n) is 2.28. The first-order valence-electron chi connectivity index (χ1n) is 3.23. The van der Waals surface area contributed by atoms with Crippen LogP contribution in [0.15, 0.2) is 0 Å². The zero-order chi connectivity index (χ0) is 9.30. The van der Waals surface area contributed by atoms with Gasteiger partial charge in [0.25, 0.3) is 0 Å². The fraction of sp³-hybridized carbons (Fsp3) is 0.667. The van der Waals surface area contributed by atoms with Gasteiger partial charge < -0.3 is 9.47 Å². The van der Waals surface area contributed by atoms with Crippen LogP contribution in [0.4, 0.5) is 0 Å². The molecule has 2 atom stereocenters. The van der Waals surface area contributed by atoms with Crippen LogP contribution < -0.4 is 0 Å². The Balaban J connectivity index is 2.53. The minimum Gasteiger partial charge on any atom is -0.468 e. The van der Waals surface area contributed by atoms with E-state index >= 15 is 0 Å². The van der Waals surface area contributed by atoms with Gasteiger partial charge in [-0.3, -0.25) is 9.59 Å². The van der Waals surface area contributed by atoms with E-state index in [-0.39, 0.29) is 0 Å². The zero-order valence-electron chi connectivity index (χ0n) is 6.61. The van der Waals surface area contributed by atoms with Gasteiger partial charge in [-0.2, -0.15) is 4.42 Å². The van der Waals surface area contributed by atoms with E-state index in [1.165, 1.54) is 14.2 Å². The van der Waals surface area contributed by atoms with E-state index in [4.69, 9.17) is 11.8 Å². The van der Waals surface area contributed by atoms with Gasteiger partial charge in [-0.15, -0.1) is 0 Å². The van der Waals surface area contributed by atoms with Crippen molar-refractivity contribution in [2.45, 2.75) is 12.1 Å². The van der Waals surface area contributed by atoms with E-state index in [2.05, 4.69) is 9.47 Å². The minimum atomic E-state index is -0.691. The summed E-state index contributed by atoms with van der Waals surface area (Å²) in [4.78, 5) is 21.7. The van der Waals surface area contributed by atoms with Gasteiger partial charge in [0.05, 0.1) is 14.2 Å². The highest BCUT2D eigenvalue weighted by molar-refractivity contribution is 6.20. The Bertz CT molecular complexity index is 198. The molecule has 0 spiro atoms. The molecule has 1 saturated heterocycles. The van der Waals surface area contributed by atoms with Crippen molar-refractivity contribution in [2.75, 3.05) is 14.2 Å². The lowest BCUT2D eigenvalue weighted by molar-refractivity contribution is -0.144. The second kappa shape index (κ2) is 3.28. The maximum Gasteiger partial charge on any atom is 0.326 e. The molecule has 0 aromatic carbocycles. The zero-order valence-corrected chi connectivity index (χ0v) is 7.37. The summed E-state index contributed by atoms with van der Waals surface area (Å²) >= 11 is 5.50. The van der Waals surface area contributed by atoms with Crippen LogP contribution in [0.5, 0.6) is 0 Å². The van der Waals surface area contributed by atoms with Crippen LogP contribution in [0.25, 0.3) is 0 Å². The van der Waals surface area contributed by atoms with E-state index in [0.29, 0.717) is 0 Å². The standard InChI is InChI=1S/C6H8ClNO4/c1-11-5(9)3-4(8(3)7)6(10)12-2/h3-4H,1-2H3/t3-,4-/m0/s1. The number of carbonyl (C=O) groups is 2.